The van der Waals surface area contributed by atoms with Crippen LogP contribution in [0, 0.1) is 5.41 Å². The molecule has 0 aliphatic rings. The van der Waals surface area contributed by atoms with Gasteiger partial charge in [0.2, 0.25) is 0 Å². The Bertz CT molecular complexity index is 510. The maximum absolute atomic E-state index is 12.3. The van der Waals surface area contributed by atoms with Crippen LogP contribution in [0.4, 0.5) is 0 Å². The van der Waals surface area contributed by atoms with Crippen molar-refractivity contribution in [1.82, 2.24) is 0 Å². The highest BCUT2D eigenvalue weighted by molar-refractivity contribution is 5.96. The van der Waals surface area contributed by atoms with Gasteiger partial charge < -0.3 is 5.11 Å². The zero-order valence-corrected chi connectivity index (χ0v) is 13.7. The van der Waals surface area contributed by atoms with Crippen LogP contribution in [0.2, 0.25) is 0 Å². The second-order valence-electron chi connectivity index (χ2n) is 7.15. The van der Waals surface area contributed by atoms with Gasteiger partial charge in [0.15, 0.2) is 5.78 Å². The summed E-state index contributed by atoms with van der Waals surface area (Å²) in [6, 6.07) is 7.71. The van der Waals surface area contributed by atoms with E-state index in [-0.39, 0.29) is 24.0 Å². The Hall–Kier alpha value is -1.64. The lowest BCUT2D eigenvalue weighted by Crippen LogP contribution is -2.21. The molecule has 0 saturated heterocycles. The minimum atomic E-state index is -0.868. The summed E-state index contributed by atoms with van der Waals surface area (Å²) in [6.45, 7) is 10.1. The number of rotatable bonds is 7. The number of carbonyl (C=O) groups excluding carboxylic acids is 1. The van der Waals surface area contributed by atoms with Crippen molar-refractivity contribution >= 4 is 11.8 Å². The van der Waals surface area contributed by atoms with Gasteiger partial charge in [0.1, 0.15) is 0 Å². The molecule has 3 nitrogen and oxygen atoms in total. The van der Waals surface area contributed by atoms with Crippen LogP contribution in [0.5, 0.6) is 0 Å². The fourth-order valence-electron chi connectivity index (χ4n) is 2.32. The Morgan fingerprint density at radius 2 is 1.52 bits per heavy atom. The van der Waals surface area contributed by atoms with Crippen molar-refractivity contribution in [3.8, 4) is 0 Å². The van der Waals surface area contributed by atoms with Gasteiger partial charge in [-0.05, 0) is 22.8 Å². The summed E-state index contributed by atoms with van der Waals surface area (Å²) >= 11 is 0. The molecule has 0 unspecified atom stereocenters. The predicted octanol–water partition coefficient (Wildman–Crippen LogP) is 4.45. The van der Waals surface area contributed by atoms with E-state index in [1.54, 1.807) is 0 Å². The standard InChI is InChI=1S/C18H26O3/c1-6-18(4,5)14-9-7-13(8-10-14)15(19)11-17(2,3)12-16(20)21/h7-10H,6,11-12H2,1-5H3,(H,20,21). The maximum atomic E-state index is 12.3. The molecule has 1 aromatic rings. The third kappa shape index (κ3) is 5.00. The van der Waals surface area contributed by atoms with Crippen molar-refractivity contribution in [3.05, 3.63) is 35.4 Å². The zero-order chi connectivity index (χ0) is 16.3. The van der Waals surface area contributed by atoms with Gasteiger partial charge in [0, 0.05) is 12.0 Å². The molecule has 1 rings (SSSR count). The van der Waals surface area contributed by atoms with Gasteiger partial charge >= 0.3 is 5.97 Å². The maximum Gasteiger partial charge on any atom is 0.303 e. The molecular weight excluding hydrogens is 264 g/mol. The number of ketones is 1. The summed E-state index contributed by atoms with van der Waals surface area (Å²) in [5, 5.41) is 8.87. The summed E-state index contributed by atoms with van der Waals surface area (Å²) in [5.74, 6) is -0.866. The molecule has 0 aliphatic carbocycles. The summed E-state index contributed by atoms with van der Waals surface area (Å²) in [6.07, 6.45) is 1.28. The Morgan fingerprint density at radius 1 is 1.00 bits per heavy atom. The highest BCUT2D eigenvalue weighted by atomic mass is 16.4. The van der Waals surface area contributed by atoms with Crippen molar-refractivity contribution in [2.45, 2.75) is 59.3 Å². The van der Waals surface area contributed by atoms with E-state index in [1.807, 2.05) is 38.1 Å². The summed E-state index contributed by atoms with van der Waals surface area (Å²) < 4.78 is 0. The monoisotopic (exact) mass is 290 g/mol. The molecule has 0 spiro atoms. The number of hydrogen-bond donors (Lipinski definition) is 1. The highest BCUT2D eigenvalue weighted by Gasteiger charge is 2.26. The molecule has 1 N–H and O–H groups in total. The van der Waals surface area contributed by atoms with E-state index < -0.39 is 11.4 Å². The molecule has 0 aromatic heterocycles. The van der Waals surface area contributed by atoms with Crippen molar-refractivity contribution in [2.24, 2.45) is 5.41 Å². The quantitative estimate of drug-likeness (QED) is 0.755. The Labute approximate surface area is 127 Å². The number of carboxylic acid groups (broad SMARTS) is 1. The molecule has 0 saturated carbocycles. The van der Waals surface area contributed by atoms with Crippen molar-refractivity contribution in [2.75, 3.05) is 0 Å². The minimum absolute atomic E-state index is 0.000308. The summed E-state index contributed by atoms with van der Waals surface area (Å²) in [7, 11) is 0. The van der Waals surface area contributed by atoms with Crippen molar-refractivity contribution in [3.63, 3.8) is 0 Å². The number of hydrogen-bond acceptors (Lipinski definition) is 2. The molecule has 0 atom stereocenters. The predicted molar refractivity (Wildman–Crippen MR) is 84.7 cm³/mol. The molecule has 0 fully saturated rings. The van der Waals surface area contributed by atoms with Crippen LogP contribution in [0.3, 0.4) is 0 Å². The zero-order valence-electron chi connectivity index (χ0n) is 13.7. The molecule has 1 aromatic carbocycles. The number of Topliss-reactive ketones (excluding diaryl/α,β-unsaturated/α-hetero) is 1. The molecule has 0 amide bonds. The van der Waals surface area contributed by atoms with E-state index in [0.29, 0.717) is 5.56 Å². The van der Waals surface area contributed by atoms with E-state index >= 15 is 0 Å². The van der Waals surface area contributed by atoms with Crippen LogP contribution < -0.4 is 0 Å². The van der Waals surface area contributed by atoms with Gasteiger partial charge in [0.25, 0.3) is 0 Å². The van der Waals surface area contributed by atoms with Crippen molar-refractivity contribution in [1.29, 1.82) is 0 Å². The first-order valence-electron chi connectivity index (χ1n) is 7.43. The summed E-state index contributed by atoms with van der Waals surface area (Å²) in [5.41, 5.74) is 1.45. The number of carboxylic acids is 1. The van der Waals surface area contributed by atoms with E-state index in [4.69, 9.17) is 5.11 Å². The normalized spacial score (nSPS) is 12.2. The molecule has 116 valence electrons. The molecule has 0 heterocycles. The molecule has 0 bridgehead atoms. The van der Waals surface area contributed by atoms with E-state index in [0.717, 1.165) is 6.42 Å². The number of aliphatic carboxylic acids is 1. The van der Waals surface area contributed by atoms with Crippen LogP contribution in [0.15, 0.2) is 24.3 Å². The lowest BCUT2D eigenvalue weighted by atomic mass is 9.80. The third-order valence-corrected chi connectivity index (χ3v) is 4.14. The Morgan fingerprint density at radius 3 is 1.95 bits per heavy atom. The largest absolute Gasteiger partial charge is 0.481 e. The van der Waals surface area contributed by atoms with E-state index in [2.05, 4.69) is 20.8 Å². The second kappa shape index (κ2) is 6.42. The van der Waals surface area contributed by atoms with Gasteiger partial charge in [-0.3, -0.25) is 9.59 Å². The topological polar surface area (TPSA) is 54.4 Å². The fourth-order valence-corrected chi connectivity index (χ4v) is 2.32. The van der Waals surface area contributed by atoms with Crippen LogP contribution in [-0.4, -0.2) is 16.9 Å². The van der Waals surface area contributed by atoms with Crippen LogP contribution >= 0.6 is 0 Å². The lowest BCUT2D eigenvalue weighted by Gasteiger charge is -2.24. The average Bonchev–Trinajstić information content (AvgIpc) is 2.36. The molecular formula is C18H26O3. The number of carbonyl (C=O) groups is 2. The first kappa shape index (κ1) is 17.4. The SMILES string of the molecule is CCC(C)(C)c1ccc(C(=O)CC(C)(C)CC(=O)O)cc1. The molecule has 0 aliphatic heterocycles. The number of benzene rings is 1. The van der Waals surface area contributed by atoms with Crippen molar-refractivity contribution < 1.29 is 14.7 Å². The highest BCUT2D eigenvalue weighted by Crippen LogP contribution is 2.29. The Balaban J connectivity index is 2.83. The van der Waals surface area contributed by atoms with Crippen LogP contribution in [0.1, 0.15) is 69.8 Å². The smallest absolute Gasteiger partial charge is 0.303 e. The first-order chi connectivity index (χ1) is 9.57. The minimum Gasteiger partial charge on any atom is -0.481 e. The van der Waals surface area contributed by atoms with Gasteiger partial charge in [0.05, 0.1) is 6.42 Å². The van der Waals surface area contributed by atoms with Crippen LogP contribution in [0.25, 0.3) is 0 Å². The van der Waals surface area contributed by atoms with Gasteiger partial charge in [-0.1, -0.05) is 58.9 Å². The molecule has 3 heteroatoms. The van der Waals surface area contributed by atoms with E-state index in [9.17, 15) is 9.59 Å². The average molecular weight is 290 g/mol. The second-order valence-corrected chi connectivity index (χ2v) is 7.15. The fraction of sp³-hybridized carbons (Fsp3) is 0.556. The molecule has 0 radical (unpaired) electrons. The third-order valence-electron chi connectivity index (χ3n) is 4.14. The van der Waals surface area contributed by atoms with Crippen LogP contribution in [-0.2, 0) is 10.2 Å². The van der Waals surface area contributed by atoms with Gasteiger partial charge in [-0.15, -0.1) is 0 Å². The lowest BCUT2D eigenvalue weighted by molar-refractivity contribution is -0.139. The Kier molecular flexibility index (Phi) is 5.32. The summed E-state index contributed by atoms with van der Waals surface area (Å²) in [4.78, 5) is 23.1. The van der Waals surface area contributed by atoms with Gasteiger partial charge in [-0.25, -0.2) is 0 Å². The first-order valence-corrected chi connectivity index (χ1v) is 7.43. The van der Waals surface area contributed by atoms with Gasteiger partial charge in [-0.2, -0.15) is 0 Å². The molecule has 21 heavy (non-hydrogen) atoms. The van der Waals surface area contributed by atoms with E-state index in [1.165, 1.54) is 5.56 Å².